The largest absolute Gasteiger partial charge is 0.290 e. The van der Waals surface area contributed by atoms with Crippen molar-refractivity contribution in [2.75, 3.05) is 0 Å². The number of fused-ring (bicyclic) bond motifs is 3. The van der Waals surface area contributed by atoms with E-state index in [-0.39, 0.29) is 5.56 Å². The molecule has 0 aliphatic heterocycles. The van der Waals surface area contributed by atoms with Crippen LogP contribution in [0.2, 0.25) is 5.02 Å². The molecule has 2 aromatic carbocycles. The highest BCUT2D eigenvalue weighted by Crippen LogP contribution is 2.21. The van der Waals surface area contributed by atoms with Gasteiger partial charge in [0.25, 0.3) is 5.56 Å². The molecule has 0 aliphatic carbocycles. The molecule has 4 aromatic rings. The lowest BCUT2D eigenvalue weighted by atomic mass is 10.2. The Morgan fingerprint density at radius 2 is 1.90 bits per heavy atom. The molecule has 0 saturated carbocycles. The maximum absolute atomic E-state index is 12.5. The molecule has 2 heterocycles. The van der Waals surface area contributed by atoms with Crippen LogP contribution in [0.25, 0.3) is 27.5 Å². The van der Waals surface area contributed by atoms with Crippen molar-refractivity contribution in [3.63, 3.8) is 0 Å². The molecule has 5 heteroatoms. The second kappa shape index (κ2) is 4.46. The van der Waals surface area contributed by atoms with Gasteiger partial charge in [-0.1, -0.05) is 35.9 Å². The number of H-pyrrole nitrogens is 1. The van der Waals surface area contributed by atoms with Gasteiger partial charge < -0.3 is 0 Å². The predicted molar refractivity (Wildman–Crippen MR) is 84.2 cm³/mol. The van der Waals surface area contributed by atoms with Crippen LogP contribution in [0, 0.1) is 0 Å². The Bertz CT molecular complexity index is 1030. The van der Waals surface area contributed by atoms with Gasteiger partial charge in [0.15, 0.2) is 0 Å². The molecule has 21 heavy (non-hydrogen) atoms. The average Bonchev–Trinajstić information content (AvgIpc) is 2.85. The molecule has 0 bridgehead atoms. The van der Waals surface area contributed by atoms with Gasteiger partial charge in [0, 0.05) is 16.6 Å². The summed E-state index contributed by atoms with van der Waals surface area (Å²) in [6.07, 6.45) is 1.61. The van der Waals surface area contributed by atoms with E-state index >= 15 is 0 Å². The summed E-state index contributed by atoms with van der Waals surface area (Å²) in [5.74, 6) is 0. The van der Waals surface area contributed by atoms with Crippen molar-refractivity contribution < 1.29 is 0 Å². The molecule has 1 N–H and O–H groups in total. The summed E-state index contributed by atoms with van der Waals surface area (Å²) in [7, 11) is 0. The Hall–Kier alpha value is -2.59. The maximum Gasteiger partial charge on any atom is 0.280 e. The zero-order valence-corrected chi connectivity index (χ0v) is 11.6. The third kappa shape index (κ3) is 1.84. The molecule has 0 aliphatic rings. The summed E-state index contributed by atoms with van der Waals surface area (Å²) in [6.45, 7) is 0. The summed E-state index contributed by atoms with van der Waals surface area (Å²) in [4.78, 5) is 16.9. The van der Waals surface area contributed by atoms with Crippen LogP contribution in [0.4, 0.5) is 0 Å². The SMILES string of the molecule is O=c1c2cnc3ccccc3c2[nH]n1-c1cccc(Cl)c1. The highest BCUT2D eigenvalue weighted by molar-refractivity contribution is 6.30. The van der Waals surface area contributed by atoms with Crippen molar-refractivity contribution in [3.05, 3.63) is 70.1 Å². The fraction of sp³-hybridized carbons (Fsp3) is 0. The third-order valence-corrected chi connectivity index (χ3v) is 3.73. The Morgan fingerprint density at radius 1 is 1.05 bits per heavy atom. The van der Waals surface area contributed by atoms with Crippen molar-refractivity contribution in [2.45, 2.75) is 0 Å². The zero-order chi connectivity index (χ0) is 14.4. The molecule has 0 amide bonds. The Morgan fingerprint density at radius 3 is 2.76 bits per heavy atom. The monoisotopic (exact) mass is 295 g/mol. The minimum absolute atomic E-state index is 0.134. The second-order valence-electron chi connectivity index (χ2n) is 4.80. The summed E-state index contributed by atoms with van der Waals surface area (Å²) < 4.78 is 1.49. The number of nitrogens with zero attached hydrogens (tertiary/aromatic N) is 2. The quantitative estimate of drug-likeness (QED) is 0.584. The van der Waals surface area contributed by atoms with Crippen LogP contribution < -0.4 is 5.56 Å². The summed E-state index contributed by atoms with van der Waals surface area (Å²) >= 11 is 6.00. The molecule has 0 fully saturated rings. The van der Waals surface area contributed by atoms with Crippen LogP contribution in [0.15, 0.2) is 59.5 Å². The second-order valence-corrected chi connectivity index (χ2v) is 5.23. The number of hydrogen-bond donors (Lipinski definition) is 1. The lowest BCUT2D eigenvalue weighted by Gasteiger charge is -2.01. The fourth-order valence-electron chi connectivity index (χ4n) is 2.50. The van der Waals surface area contributed by atoms with Crippen molar-refractivity contribution in [1.82, 2.24) is 14.8 Å². The molecule has 102 valence electrons. The number of hydrogen-bond acceptors (Lipinski definition) is 2. The first-order chi connectivity index (χ1) is 10.2. The molecule has 0 unspecified atom stereocenters. The summed E-state index contributed by atoms with van der Waals surface area (Å²) in [6, 6.07) is 14.9. The van der Waals surface area contributed by atoms with Crippen molar-refractivity contribution in [3.8, 4) is 5.69 Å². The van der Waals surface area contributed by atoms with Gasteiger partial charge in [0.1, 0.15) is 0 Å². The number of aromatic amines is 1. The number of rotatable bonds is 1. The Balaban J connectivity index is 2.10. The number of nitrogens with one attached hydrogen (secondary N) is 1. The predicted octanol–water partition coefficient (Wildman–Crippen LogP) is 3.52. The van der Waals surface area contributed by atoms with Crippen LogP contribution in [-0.2, 0) is 0 Å². The fourth-order valence-corrected chi connectivity index (χ4v) is 2.69. The van der Waals surface area contributed by atoms with E-state index in [0.717, 1.165) is 16.4 Å². The molecule has 0 radical (unpaired) electrons. The van der Waals surface area contributed by atoms with Crippen LogP contribution in [0.3, 0.4) is 0 Å². The highest BCUT2D eigenvalue weighted by Gasteiger charge is 2.11. The van der Waals surface area contributed by atoms with E-state index in [1.165, 1.54) is 4.68 Å². The van der Waals surface area contributed by atoms with Gasteiger partial charge in [-0.15, -0.1) is 0 Å². The smallest absolute Gasteiger partial charge is 0.280 e. The molecular formula is C16H10ClN3O. The first kappa shape index (κ1) is 12.2. The van der Waals surface area contributed by atoms with E-state index in [4.69, 9.17) is 11.6 Å². The minimum atomic E-state index is -0.134. The lowest BCUT2D eigenvalue weighted by molar-refractivity contribution is 0.865. The van der Waals surface area contributed by atoms with Gasteiger partial charge in [0.2, 0.25) is 0 Å². The molecule has 2 aromatic heterocycles. The zero-order valence-electron chi connectivity index (χ0n) is 10.9. The molecule has 0 atom stereocenters. The molecule has 0 saturated heterocycles. The van der Waals surface area contributed by atoms with Gasteiger partial charge in [-0.25, -0.2) is 4.68 Å². The molecule has 4 rings (SSSR count). The van der Waals surface area contributed by atoms with Crippen LogP contribution in [0.5, 0.6) is 0 Å². The summed E-state index contributed by atoms with van der Waals surface area (Å²) in [5, 5.41) is 5.23. The number of pyridine rings is 1. The van der Waals surface area contributed by atoms with E-state index in [9.17, 15) is 4.79 Å². The van der Waals surface area contributed by atoms with Crippen LogP contribution >= 0.6 is 11.6 Å². The van der Waals surface area contributed by atoms with Crippen molar-refractivity contribution in [2.24, 2.45) is 0 Å². The first-order valence-electron chi connectivity index (χ1n) is 6.48. The van der Waals surface area contributed by atoms with E-state index in [1.807, 2.05) is 36.4 Å². The van der Waals surface area contributed by atoms with Gasteiger partial charge in [0.05, 0.1) is 22.1 Å². The van der Waals surface area contributed by atoms with E-state index in [2.05, 4.69) is 10.1 Å². The third-order valence-electron chi connectivity index (χ3n) is 3.50. The first-order valence-corrected chi connectivity index (χ1v) is 6.86. The number of benzene rings is 2. The Kier molecular flexibility index (Phi) is 2.59. The molecular weight excluding hydrogens is 286 g/mol. The van der Waals surface area contributed by atoms with E-state index in [1.54, 1.807) is 18.3 Å². The highest BCUT2D eigenvalue weighted by atomic mass is 35.5. The summed E-state index contributed by atoms with van der Waals surface area (Å²) in [5.41, 5.74) is 2.20. The lowest BCUT2D eigenvalue weighted by Crippen LogP contribution is -2.14. The van der Waals surface area contributed by atoms with E-state index in [0.29, 0.717) is 16.1 Å². The van der Waals surface area contributed by atoms with Crippen LogP contribution in [0.1, 0.15) is 0 Å². The van der Waals surface area contributed by atoms with Gasteiger partial charge >= 0.3 is 0 Å². The minimum Gasteiger partial charge on any atom is -0.290 e. The standard InChI is InChI=1S/C16H10ClN3O/c17-10-4-3-5-11(8-10)20-16(21)13-9-18-14-7-2-1-6-12(14)15(13)19-20/h1-9,19H. The van der Waals surface area contributed by atoms with Crippen LogP contribution in [-0.4, -0.2) is 14.8 Å². The molecule has 4 nitrogen and oxygen atoms in total. The van der Waals surface area contributed by atoms with E-state index < -0.39 is 0 Å². The van der Waals surface area contributed by atoms with Gasteiger partial charge in [-0.3, -0.25) is 14.9 Å². The van der Waals surface area contributed by atoms with Gasteiger partial charge in [-0.05, 0) is 24.3 Å². The number of aromatic nitrogens is 3. The number of para-hydroxylation sites is 1. The number of halogens is 1. The van der Waals surface area contributed by atoms with Gasteiger partial charge in [-0.2, -0.15) is 0 Å². The Labute approximate surface area is 124 Å². The van der Waals surface area contributed by atoms with Crippen molar-refractivity contribution >= 4 is 33.4 Å². The molecule has 0 spiro atoms. The topological polar surface area (TPSA) is 50.7 Å². The average molecular weight is 296 g/mol. The van der Waals surface area contributed by atoms with Crippen molar-refractivity contribution in [1.29, 1.82) is 0 Å². The maximum atomic E-state index is 12.5. The normalized spacial score (nSPS) is 11.3.